The van der Waals surface area contributed by atoms with Gasteiger partial charge in [-0.1, -0.05) is 0 Å². The van der Waals surface area contributed by atoms with Gasteiger partial charge in [-0.15, -0.1) is 0 Å². The summed E-state index contributed by atoms with van der Waals surface area (Å²) in [4.78, 5) is 16.3. The molecule has 2 N–H and O–H groups in total. The molecule has 0 unspecified atom stereocenters. The zero-order valence-corrected chi connectivity index (χ0v) is 10.3. The van der Waals surface area contributed by atoms with Crippen molar-refractivity contribution < 1.29 is 9.53 Å². The summed E-state index contributed by atoms with van der Waals surface area (Å²) in [6.07, 6.45) is 2.97. The van der Waals surface area contributed by atoms with Gasteiger partial charge in [0.05, 0.1) is 25.2 Å². The minimum absolute atomic E-state index is 0.230. The highest BCUT2D eigenvalue weighted by Gasteiger charge is 2.21. The number of anilines is 1. The van der Waals surface area contributed by atoms with E-state index in [4.69, 9.17) is 10.5 Å². The maximum absolute atomic E-state index is 12.3. The van der Waals surface area contributed by atoms with Crippen molar-refractivity contribution in [3.8, 4) is 5.75 Å². The van der Waals surface area contributed by atoms with Crippen molar-refractivity contribution >= 4 is 11.5 Å². The fourth-order valence-electron chi connectivity index (χ4n) is 1.65. The van der Waals surface area contributed by atoms with Gasteiger partial charge in [-0.05, 0) is 19.1 Å². The largest absolute Gasteiger partial charge is 0.493 e. The monoisotopic (exact) mass is 246 g/mol. The van der Waals surface area contributed by atoms with Crippen LogP contribution in [0.1, 0.15) is 23.1 Å². The van der Waals surface area contributed by atoms with E-state index in [0.29, 0.717) is 29.4 Å². The van der Waals surface area contributed by atoms with Crippen molar-refractivity contribution in [2.75, 3.05) is 12.8 Å². The molecular formula is C12H14N4O2. The number of aryl methyl sites for hydroxylation is 1. The number of carbonyl (C=O) groups is 1. The third-order valence-electron chi connectivity index (χ3n) is 2.56. The van der Waals surface area contributed by atoms with Gasteiger partial charge >= 0.3 is 0 Å². The van der Waals surface area contributed by atoms with Crippen LogP contribution in [0.25, 0.3) is 0 Å². The molecule has 2 heterocycles. The number of nitrogens with zero attached hydrogens (tertiary/aromatic N) is 3. The van der Waals surface area contributed by atoms with Crippen molar-refractivity contribution in [1.29, 1.82) is 0 Å². The first kappa shape index (κ1) is 12.1. The highest BCUT2D eigenvalue weighted by Crippen LogP contribution is 2.20. The van der Waals surface area contributed by atoms with Crippen LogP contribution in [0.4, 0.5) is 5.69 Å². The van der Waals surface area contributed by atoms with Crippen LogP contribution in [0, 0.1) is 0 Å². The molecule has 2 rings (SSSR count). The molecule has 0 aliphatic rings. The number of hydrogen-bond acceptors (Lipinski definition) is 5. The Bertz CT molecular complexity index is 538. The number of methoxy groups -OCH3 is 1. The Morgan fingerprint density at radius 3 is 2.78 bits per heavy atom. The highest BCUT2D eigenvalue weighted by molar-refractivity contribution is 6.08. The first-order chi connectivity index (χ1) is 8.67. The number of pyridine rings is 1. The Labute approximate surface area is 104 Å². The van der Waals surface area contributed by atoms with Gasteiger partial charge in [-0.25, -0.2) is 0 Å². The molecule has 18 heavy (non-hydrogen) atoms. The first-order valence-corrected chi connectivity index (χ1v) is 5.53. The van der Waals surface area contributed by atoms with E-state index in [0.717, 1.165) is 0 Å². The van der Waals surface area contributed by atoms with Gasteiger partial charge in [0.2, 0.25) is 5.78 Å². The lowest BCUT2D eigenvalue weighted by Gasteiger charge is -2.06. The molecule has 0 saturated heterocycles. The van der Waals surface area contributed by atoms with Crippen molar-refractivity contribution in [2.24, 2.45) is 0 Å². The lowest BCUT2D eigenvalue weighted by atomic mass is 10.2. The molecule has 0 spiro atoms. The van der Waals surface area contributed by atoms with Crippen LogP contribution >= 0.6 is 0 Å². The lowest BCUT2D eigenvalue weighted by Crippen LogP contribution is -2.13. The summed E-state index contributed by atoms with van der Waals surface area (Å²) in [6, 6.07) is 3.23. The molecule has 0 atom stereocenters. The van der Waals surface area contributed by atoms with Gasteiger partial charge in [-0.3, -0.25) is 14.5 Å². The molecule has 6 heteroatoms. The molecule has 0 amide bonds. The van der Waals surface area contributed by atoms with Crippen LogP contribution < -0.4 is 10.5 Å². The molecule has 6 nitrogen and oxygen atoms in total. The number of ketones is 1. The van der Waals surface area contributed by atoms with Crippen LogP contribution in [-0.4, -0.2) is 27.7 Å². The Hall–Kier alpha value is -2.37. The number of aromatic nitrogens is 3. The molecule has 0 bridgehead atoms. The summed E-state index contributed by atoms with van der Waals surface area (Å²) in [5.74, 6) is 0.215. The van der Waals surface area contributed by atoms with Crippen LogP contribution in [0.15, 0.2) is 24.5 Å². The van der Waals surface area contributed by atoms with Crippen LogP contribution in [0.2, 0.25) is 0 Å². The normalized spacial score (nSPS) is 10.3. The summed E-state index contributed by atoms with van der Waals surface area (Å²) in [6.45, 7) is 2.49. The molecule has 0 saturated carbocycles. The standard InChI is InChI=1S/C12H14N4O2/c1-3-16-11(10(18-2)7-15-16)12(17)9-5-4-8(13)6-14-9/h4-7H,3,13H2,1-2H3. The summed E-state index contributed by atoms with van der Waals surface area (Å²) in [7, 11) is 1.50. The van der Waals surface area contributed by atoms with E-state index in [-0.39, 0.29) is 5.78 Å². The molecule has 0 radical (unpaired) electrons. The van der Waals surface area contributed by atoms with Crippen molar-refractivity contribution in [2.45, 2.75) is 13.5 Å². The predicted molar refractivity (Wildman–Crippen MR) is 66.5 cm³/mol. The molecule has 2 aromatic heterocycles. The van der Waals surface area contributed by atoms with Crippen molar-refractivity contribution in [3.05, 3.63) is 35.9 Å². The lowest BCUT2D eigenvalue weighted by molar-refractivity contribution is 0.102. The molecule has 0 aromatic carbocycles. The fraction of sp³-hybridized carbons (Fsp3) is 0.250. The van der Waals surface area contributed by atoms with Crippen LogP contribution in [0.3, 0.4) is 0 Å². The summed E-state index contributed by atoms with van der Waals surface area (Å²) in [5.41, 5.74) is 6.78. The Kier molecular flexibility index (Phi) is 3.27. The predicted octanol–water partition coefficient (Wildman–Crippen LogP) is 1.12. The van der Waals surface area contributed by atoms with Crippen molar-refractivity contribution in [1.82, 2.24) is 14.8 Å². The number of ether oxygens (including phenoxy) is 1. The van der Waals surface area contributed by atoms with Crippen molar-refractivity contribution in [3.63, 3.8) is 0 Å². The number of nitrogens with two attached hydrogens (primary N) is 1. The van der Waals surface area contributed by atoms with E-state index in [1.54, 1.807) is 16.8 Å². The summed E-state index contributed by atoms with van der Waals surface area (Å²) >= 11 is 0. The first-order valence-electron chi connectivity index (χ1n) is 5.53. The SMILES string of the molecule is CCn1ncc(OC)c1C(=O)c1ccc(N)cn1. The average Bonchev–Trinajstić information content (AvgIpc) is 2.81. The van der Waals surface area contributed by atoms with E-state index in [1.807, 2.05) is 6.92 Å². The van der Waals surface area contributed by atoms with E-state index in [1.165, 1.54) is 19.5 Å². The Morgan fingerprint density at radius 2 is 2.22 bits per heavy atom. The molecule has 94 valence electrons. The minimum Gasteiger partial charge on any atom is -0.493 e. The van der Waals surface area contributed by atoms with Gasteiger partial charge in [0.15, 0.2) is 11.4 Å². The minimum atomic E-state index is -0.230. The molecule has 0 aliphatic heterocycles. The summed E-state index contributed by atoms with van der Waals surface area (Å²) in [5, 5.41) is 4.09. The van der Waals surface area contributed by atoms with E-state index < -0.39 is 0 Å². The third kappa shape index (κ3) is 2.04. The summed E-state index contributed by atoms with van der Waals surface area (Å²) < 4.78 is 6.72. The number of hydrogen-bond donors (Lipinski definition) is 1. The van der Waals surface area contributed by atoms with Gasteiger partial charge in [-0.2, -0.15) is 5.10 Å². The average molecular weight is 246 g/mol. The maximum Gasteiger partial charge on any atom is 0.233 e. The quantitative estimate of drug-likeness (QED) is 0.817. The second-order valence-corrected chi connectivity index (χ2v) is 3.68. The number of nitrogen functional groups attached to an aromatic ring is 1. The van der Waals surface area contributed by atoms with Crippen LogP contribution in [-0.2, 0) is 6.54 Å². The van der Waals surface area contributed by atoms with Gasteiger partial charge in [0.25, 0.3) is 0 Å². The zero-order chi connectivity index (χ0) is 13.1. The van der Waals surface area contributed by atoms with Crippen LogP contribution in [0.5, 0.6) is 5.75 Å². The smallest absolute Gasteiger partial charge is 0.233 e. The third-order valence-corrected chi connectivity index (χ3v) is 2.56. The molecular weight excluding hydrogens is 232 g/mol. The highest BCUT2D eigenvalue weighted by atomic mass is 16.5. The van der Waals surface area contributed by atoms with E-state index in [9.17, 15) is 4.79 Å². The topological polar surface area (TPSA) is 83.0 Å². The number of carbonyl (C=O) groups excluding carboxylic acids is 1. The molecule has 2 aromatic rings. The zero-order valence-electron chi connectivity index (χ0n) is 10.3. The Morgan fingerprint density at radius 1 is 1.44 bits per heavy atom. The van der Waals surface area contributed by atoms with E-state index >= 15 is 0 Å². The maximum atomic E-state index is 12.3. The molecule has 0 fully saturated rings. The second kappa shape index (κ2) is 4.87. The Balaban J connectivity index is 2.44. The second-order valence-electron chi connectivity index (χ2n) is 3.68. The van der Waals surface area contributed by atoms with Gasteiger partial charge in [0, 0.05) is 6.54 Å². The van der Waals surface area contributed by atoms with Gasteiger partial charge in [0.1, 0.15) is 5.69 Å². The van der Waals surface area contributed by atoms with Gasteiger partial charge < -0.3 is 10.5 Å². The molecule has 0 aliphatic carbocycles. The number of rotatable bonds is 4. The van der Waals surface area contributed by atoms with E-state index in [2.05, 4.69) is 10.1 Å². The fourth-order valence-corrected chi connectivity index (χ4v) is 1.65.